The molecule has 2 heterocycles. The first-order chi connectivity index (χ1) is 12.9. The van der Waals surface area contributed by atoms with Crippen LogP contribution in [-0.4, -0.2) is 35.3 Å². The predicted octanol–water partition coefficient (Wildman–Crippen LogP) is 4.92. The number of halogens is 2. The number of piperidine rings is 1. The van der Waals surface area contributed by atoms with Crippen LogP contribution in [0.5, 0.6) is 0 Å². The van der Waals surface area contributed by atoms with Crippen molar-refractivity contribution >= 4 is 29.0 Å². The van der Waals surface area contributed by atoms with E-state index in [1.54, 1.807) is 13.1 Å². The molecule has 0 bridgehead atoms. The SMILES string of the molecule is CC(=O)[C@H]1CC(C2c3ccc(Cl)cc3CCc3cc(Cl)cnc32)CCN1C. The maximum Gasteiger partial charge on any atom is 0.146 e. The Kier molecular flexibility index (Phi) is 5.28. The first-order valence-electron chi connectivity index (χ1n) is 9.57. The number of aromatic nitrogens is 1. The number of carbonyl (C=O) groups is 1. The Bertz CT molecular complexity index is 829. The molecule has 0 saturated carbocycles. The van der Waals surface area contributed by atoms with Crippen LogP contribution in [0.1, 0.15) is 48.1 Å². The Balaban J connectivity index is 1.82. The molecular formula is C22H24Cl2N2O. The van der Waals surface area contributed by atoms with Crippen molar-refractivity contribution in [1.29, 1.82) is 0 Å². The van der Waals surface area contributed by atoms with Gasteiger partial charge in [0.1, 0.15) is 5.78 Å². The number of hydrogen-bond acceptors (Lipinski definition) is 3. The largest absolute Gasteiger partial charge is 0.298 e. The maximum absolute atomic E-state index is 12.2. The molecule has 0 spiro atoms. The number of fused-ring (bicyclic) bond motifs is 2. The molecule has 2 unspecified atom stereocenters. The van der Waals surface area contributed by atoms with Gasteiger partial charge in [-0.3, -0.25) is 14.7 Å². The third kappa shape index (κ3) is 3.65. The molecule has 1 aliphatic heterocycles. The summed E-state index contributed by atoms with van der Waals surface area (Å²) in [6.45, 7) is 2.63. The molecular weight excluding hydrogens is 379 g/mol. The van der Waals surface area contributed by atoms with Gasteiger partial charge in [-0.25, -0.2) is 0 Å². The lowest BCUT2D eigenvalue weighted by Gasteiger charge is -2.39. The molecule has 0 radical (unpaired) electrons. The molecule has 1 aliphatic carbocycles. The Hall–Kier alpha value is -1.42. The topological polar surface area (TPSA) is 33.2 Å². The minimum absolute atomic E-state index is 0.0153. The van der Waals surface area contributed by atoms with E-state index in [0.29, 0.717) is 10.9 Å². The molecule has 5 heteroatoms. The van der Waals surface area contributed by atoms with Gasteiger partial charge >= 0.3 is 0 Å². The average Bonchev–Trinajstić information content (AvgIpc) is 2.78. The summed E-state index contributed by atoms with van der Waals surface area (Å²) in [5, 5.41) is 1.45. The number of aryl methyl sites for hydroxylation is 2. The molecule has 1 aromatic heterocycles. The van der Waals surface area contributed by atoms with Gasteiger partial charge in [-0.15, -0.1) is 0 Å². The molecule has 0 N–H and O–H groups in total. The Labute approximate surface area is 170 Å². The summed E-state index contributed by atoms with van der Waals surface area (Å²) in [5.74, 6) is 0.805. The van der Waals surface area contributed by atoms with Gasteiger partial charge in [0.25, 0.3) is 0 Å². The number of carbonyl (C=O) groups excluding carboxylic acids is 1. The normalized spacial score (nSPS) is 25.4. The van der Waals surface area contributed by atoms with E-state index in [0.717, 1.165) is 42.9 Å². The number of Topliss-reactive ketones (excluding diaryl/α,β-unsaturated/α-hetero) is 1. The number of ketones is 1. The lowest BCUT2D eigenvalue weighted by Crippen LogP contribution is -2.45. The van der Waals surface area contributed by atoms with Crippen LogP contribution in [0.4, 0.5) is 0 Å². The Morgan fingerprint density at radius 2 is 1.89 bits per heavy atom. The van der Waals surface area contributed by atoms with Crippen LogP contribution in [0.15, 0.2) is 30.5 Å². The fraction of sp³-hybridized carbons (Fsp3) is 0.455. The molecule has 3 atom stereocenters. The lowest BCUT2D eigenvalue weighted by molar-refractivity contribution is -0.123. The van der Waals surface area contributed by atoms with Crippen molar-refractivity contribution in [2.24, 2.45) is 5.92 Å². The molecule has 27 heavy (non-hydrogen) atoms. The van der Waals surface area contributed by atoms with Crippen molar-refractivity contribution < 1.29 is 4.79 Å². The third-order valence-corrected chi connectivity index (χ3v) is 6.66. The minimum atomic E-state index is -0.0153. The zero-order valence-electron chi connectivity index (χ0n) is 15.7. The second-order valence-corrected chi connectivity index (χ2v) is 8.78. The number of likely N-dealkylation sites (tertiary alicyclic amines) is 1. The van der Waals surface area contributed by atoms with Crippen LogP contribution >= 0.6 is 23.2 Å². The van der Waals surface area contributed by atoms with Crippen LogP contribution < -0.4 is 0 Å². The van der Waals surface area contributed by atoms with Crippen LogP contribution in [-0.2, 0) is 17.6 Å². The summed E-state index contributed by atoms with van der Waals surface area (Å²) in [7, 11) is 2.05. The van der Waals surface area contributed by atoms with Crippen LogP contribution in [0.25, 0.3) is 0 Å². The third-order valence-electron chi connectivity index (χ3n) is 6.22. The van der Waals surface area contributed by atoms with E-state index in [9.17, 15) is 4.79 Å². The molecule has 1 fully saturated rings. The fourth-order valence-corrected chi connectivity index (χ4v) is 5.22. The van der Waals surface area contributed by atoms with Crippen molar-refractivity contribution in [2.75, 3.05) is 13.6 Å². The Morgan fingerprint density at radius 3 is 2.67 bits per heavy atom. The highest BCUT2D eigenvalue weighted by atomic mass is 35.5. The van der Waals surface area contributed by atoms with Gasteiger partial charge in [0.2, 0.25) is 0 Å². The van der Waals surface area contributed by atoms with Gasteiger partial charge < -0.3 is 0 Å². The van der Waals surface area contributed by atoms with E-state index in [1.807, 2.05) is 6.07 Å². The predicted molar refractivity (Wildman–Crippen MR) is 110 cm³/mol. The lowest BCUT2D eigenvalue weighted by atomic mass is 9.74. The van der Waals surface area contributed by atoms with E-state index in [-0.39, 0.29) is 17.7 Å². The minimum Gasteiger partial charge on any atom is -0.298 e. The summed E-state index contributed by atoms with van der Waals surface area (Å²) in [4.78, 5) is 19.2. The zero-order chi connectivity index (χ0) is 19.1. The van der Waals surface area contributed by atoms with Gasteiger partial charge in [-0.1, -0.05) is 29.3 Å². The van der Waals surface area contributed by atoms with Crippen molar-refractivity contribution in [3.05, 3.63) is 62.9 Å². The molecule has 2 aromatic rings. The second kappa shape index (κ2) is 7.54. The zero-order valence-corrected chi connectivity index (χ0v) is 17.2. The van der Waals surface area contributed by atoms with Crippen LogP contribution in [0, 0.1) is 5.92 Å². The molecule has 4 rings (SSSR count). The highest BCUT2D eigenvalue weighted by molar-refractivity contribution is 6.30. The van der Waals surface area contributed by atoms with E-state index in [4.69, 9.17) is 28.2 Å². The summed E-state index contributed by atoms with van der Waals surface area (Å²) in [6.07, 6.45) is 5.52. The monoisotopic (exact) mass is 402 g/mol. The van der Waals surface area contributed by atoms with Crippen molar-refractivity contribution in [3.63, 3.8) is 0 Å². The smallest absolute Gasteiger partial charge is 0.146 e. The van der Waals surface area contributed by atoms with Gasteiger partial charge in [0, 0.05) is 17.1 Å². The number of rotatable bonds is 2. The van der Waals surface area contributed by atoms with Gasteiger partial charge in [-0.05, 0) is 87.0 Å². The van der Waals surface area contributed by atoms with E-state index in [1.165, 1.54) is 16.7 Å². The fourth-order valence-electron chi connectivity index (χ4n) is 4.85. The quantitative estimate of drug-likeness (QED) is 0.714. The van der Waals surface area contributed by atoms with Crippen molar-refractivity contribution in [2.45, 2.75) is 44.6 Å². The summed E-state index contributed by atoms with van der Waals surface area (Å²) < 4.78 is 0. The van der Waals surface area contributed by atoms with Crippen LogP contribution in [0.2, 0.25) is 10.0 Å². The average molecular weight is 403 g/mol. The standard InChI is InChI=1S/C22H24Cl2N2O/c1-13(27)20-11-15(7-8-26(20)2)21-19-6-5-17(23)9-14(19)3-4-16-10-18(24)12-25-22(16)21/h5-6,9-10,12,15,20-21H,3-4,7-8,11H2,1-2H3/t15?,20-,21?/m1/s1. The van der Waals surface area contributed by atoms with Crippen LogP contribution in [0.3, 0.4) is 0 Å². The highest BCUT2D eigenvalue weighted by Crippen LogP contribution is 2.44. The number of pyridine rings is 1. The van der Waals surface area contributed by atoms with Crippen molar-refractivity contribution in [3.8, 4) is 0 Å². The van der Waals surface area contributed by atoms with E-state index >= 15 is 0 Å². The highest BCUT2D eigenvalue weighted by Gasteiger charge is 2.37. The summed E-state index contributed by atoms with van der Waals surface area (Å²) in [6, 6.07) is 8.27. The van der Waals surface area contributed by atoms with Gasteiger partial charge in [-0.2, -0.15) is 0 Å². The second-order valence-electron chi connectivity index (χ2n) is 7.91. The molecule has 3 nitrogen and oxygen atoms in total. The molecule has 0 amide bonds. The molecule has 142 valence electrons. The van der Waals surface area contributed by atoms with Gasteiger partial charge in [0.05, 0.1) is 16.8 Å². The number of hydrogen-bond donors (Lipinski definition) is 0. The number of benzene rings is 1. The number of likely N-dealkylation sites (N-methyl/N-ethyl adjacent to an activating group) is 1. The Morgan fingerprint density at radius 1 is 1.15 bits per heavy atom. The first kappa shape index (κ1) is 18.9. The summed E-state index contributed by atoms with van der Waals surface area (Å²) >= 11 is 12.5. The van der Waals surface area contributed by atoms with E-state index in [2.05, 4.69) is 30.1 Å². The first-order valence-corrected chi connectivity index (χ1v) is 10.3. The molecule has 1 saturated heterocycles. The molecule has 1 aromatic carbocycles. The molecule has 2 aliphatic rings. The van der Waals surface area contributed by atoms with E-state index < -0.39 is 0 Å². The maximum atomic E-state index is 12.2. The summed E-state index contributed by atoms with van der Waals surface area (Å²) in [5.41, 5.74) is 4.94. The van der Waals surface area contributed by atoms with Crippen molar-refractivity contribution in [1.82, 2.24) is 9.88 Å². The number of nitrogens with zero attached hydrogens (tertiary/aromatic N) is 2. The van der Waals surface area contributed by atoms with Gasteiger partial charge in [0.15, 0.2) is 0 Å².